The van der Waals surface area contributed by atoms with E-state index in [1.165, 1.54) is 26.6 Å². The first-order valence-electron chi connectivity index (χ1n) is 6.77. The Labute approximate surface area is 119 Å². The zero-order valence-electron chi connectivity index (χ0n) is 12.4. The van der Waals surface area contributed by atoms with Gasteiger partial charge < -0.3 is 5.32 Å². The van der Waals surface area contributed by atoms with Crippen molar-refractivity contribution in [3.05, 3.63) is 50.5 Å². The molecule has 0 aliphatic carbocycles. The number of nitrogens with one attached hydrogen (secondary N) is 1. The smallest absolute Gasteiger partial charge is 0.115 e. The van der Waals surface area contributed by atoms with Crippen molar-refractivity contribution in [2.24, 2.45) is 0 Å². The minimum absolute atomic E-state index is 0.211. The van der Waals surface area contributed by atoms with Gasteiger partial charge in [-0.25, -0.2) is 4.98 Å². The highest BCUT2D eigenvalue weighted by Crippen LogP contribution is 2.30. The normalized spacial score (nSPS) is 12.7. The van der Waals surface area contributed by atoms with Gasteiger partial charge in [0.15, 0.2) is 0 Å². The van der Waals surface area contributed by atoms with E-state index in [1.807, 2.05) is 0 Å². The second kappa shape index (κ2) is 5.85. The predicted molar refractivity (Wildman–Crippen MR) is 83.0 cm³/mol. The summed E-state index contributed by atoms with van der Waals surface area (Å²) in [6.07, 6.45) is 0. The number of rotatable bonds is 4. The van der Waals surface area contributed by atoms with Gasteiger partial charge in [0, 0.05) is 4.88 Å². The van der Waals surface area contributed by atoms with Gasteiger partial charge in [-0.1, -0.05) is 30.7 Å². The third-order valence-electron chi connectivity index (χ3n) is 3.44. The van der Waals surface area contributed by atoms with E-state index in [4.69, 9.17) is 4.98 Å². The lowest BCUT2D eigenvalue weighted by Gasteiger charge is -2.18. The number of thiazole rings is 1. The molecule has 0 spiro atoms. The van der Waals surface area contributed by atoms with E-state index in [2.05, 4.69) is 58.1 Å². The van der Waals surface area contributed by atoms with Crippen LogP contribution < -0.4 is 5.32 Å². The van der Waals surface area contributed by atoms with Crippen molar-refractivity contribution in [1.82, 2.24) is 10.3 Å². The van der Waals surface area contributed by atoms with E-state index >= 15 is 0 Å². The maximum Gasteiger partial charge on any atom is 0.115 e. The largest absolute Gasteiger partial charge is 0.305 e. The number of aromatic nitrogens is 1. The third kappa shape index (κ3) is 3.04. The summed E-state index contributed by atoms with van der Waals surface area (Å²) in [6.45, 7) is 11.6. The lowest BCUT2D eigenvalue weighted by Crippen LogP contribution is -2.22. The molecule has 1 atom stereocenters. The fourth-order valence-corrected chi connectivity index (χ4v) is 3.32. The van der Waals surface area contributed by atoms with Gasteiger partial charge in [-0.3, -0.25) is 0 Å². The molecule has 19 heavy (non-hydrogen) atoms. The van der Waals surface area contributed by atoms with Crippen LogP contribution in [0, 0.1) is 27.7 Å². The Morgan fingerprint density at radius 1 is 1.21 bits per heavy atom. The van der Waals surface area contributed by atoms with Crippen LogP contribution in [0.25, 0.3) is 0 Å². The minimum Gasteiger partial charge on any atom is -0.305 e. The van der Waals surface area contributed by atoms with Gasteiger partial charge in [0.2, 0.25) is 0 Å². The molecule has 1 N–H and O–H groups in total. The molecule has 3 heteroatoms. The van der Waals surface area contributed by atoms with Crippen molar-refractivity contribution in [3.63, 3.8) is 0 Å². The quantitative estimate of drug-likeness (QED) is 0.909. The molecule has 2 aromatic rings. The molecular formula is C16H22N2S. The van der Waals surface area contributed by atoms with Crippen molar-refractivity contribution in [2.75, 3.05) is 6.54 Å². The highest BCUT2D eigenvalue weighted by molar-refractivity contribution is 7.11. The van der Waals surface area contributed by atoms with Crippen LogP contribution in [0.3, 0.4) is 0 Å². The first kappa shape index (κ1) is 14.2. The predicted octanol–water partition coefficient (Wildman–Crippen LogP) is 4.08. The monoisotopic (exact) mass is 274 g/mol. The summed E-state index contributed by atoms with van der Waals surface area (Å²) < 4.78 is 0. The van der Waals surface area contributed by atoms with Gasteiger partial charge >= 0.3 is 0 Å². The molecule has 2 nitrogen and oxygen atoms in total. The summed E-state index contributed by atoms with van der Waals surface area (Å²) in [4.78, 5) is 6.03. The van der Waals surface area contributed by atoms with E-state index in [-0.39, 0.29) is 6.04 Å². The summed E-state index contributed by atoms with van der Waals surface area (Å²) in [5.74, 6) is 0. The van der Waals surface area contributed by atoms with Gasteiger partial charge in [-0.15, -0.1) is 11.3 Å². The van der Waals surface area contributed by atoms with E-state index in [1.54, 1.807) is 11.3 Å². The Hall–Kier alpha value is -1.19. The average molecular weight is 274 g/mol. The molecule has 0 bridgehead atoms. The standard InChI is InChI=1S/C16H22N2S/c1-6-17-15(16-18-12(4)13(5)19-16)14-8-7-10(2)9-11(14)3/h7-9,15,17H,6H2,1-5H3. The highest BCUT2D eigenvalue weighted by Gasteiger charge is 2.19. The molecule has 0 fully saturated rings. The summed E-state index contributed by atoms with van der Waals surface area (Å²) >= 11 is 1.80. The van der Waals surface area contributed by atoms with Crippen LogP contribution in [0.4, 0.5) is 0 Å². The topological polar surface area (TPSA) is 24.9 Å². The van der Waals surface area contributed by atoms with Crippen molar-refractivity contribution in [3.8, 4) is 0 Å². The molecule has 0 aliphatic heterocycles. The second-order valence-electron chi connectivity index (χ2n) is 5.04. The SMILES string of the molecule is CCNC(c1nc(C)c(C)s1)c1ccc(C)cc1C. The Bertz CT molecular complexity index is 553. The van der Waals surface area contributed by atoms with Crippen molar-refractivity contribution >= 4 is 11.3 Å². The molecule has 0 radical (unpaired) electrons. The molecule has 0 aliphatic rings. The van der Waals surface area contributed by atoms with E-state index in [9.17, 15) is 0 Å². The van der Waals surface area contributed by atoms with Gasteiger partial charge in [0.05, 0.1) is 11.7 Å². The summed E-state index contributed by atoms with van der Waals surface area (Å²) in [5.41, 5.74) is 5.12. The number of hydrogen-bond acceptors (Lipinski definition) is 3. The van der Waals surface area contributed by atoms with Crippen LogP contribution in [0.2, 0.25) is 0 Å². The summed E-state index contributed by atoms with van der Waals surface area (Å²) in [7, 11) is 0. The van der Waals surface area contributed by atoms with E-state index in [0.29, 0.717) is 0 Å². The number of aryl methyl sites for hydroxylation is 4. The van der Waals surface area contributed by atoms with Gasteiger partial charge in [-0.2, -0.15) is 0 Å². The maximum atomic E-state index is 4.73. The van der Waals surface area contributed by atoms with Gasteiger partial charge in [-0.05, 0) is 45.4 Å². The van der Waals surface area contributed by atoms with Crippen LogP contribution in [0.1, 0.15) is 45.2 Å². The molecule has 1 heterocycles. The molecule has 0 saturated heterocycles. The Morgan fingerprint density at radius 3 is 2.47 bits per heavy atom. The molecular weight excluding hydrogens is 252 g/mol. The van der Waals surface area contributed by atoms with Crippen molar-refractivity contribution in [2.45, 2.75) is 40.7 Å². The molecule has 0 amide bonds. The number of hydrogen-bond donors (Lipinski definition) is 1. The average Bonchev–Trinajstić information content (AvgIpc) is 2.67. The highest BCUT2D eigenvalue weighted by atomic mass is 32.1. The first-order chi connectivity index (χ1) is 9.02. The molecule has 2 rings (SSSR count). The Morgan fingerprint density at radius 2 is 1.95 bits per heavy atom. The fraction of sp³-hybridized carbons (Fsp3) is 0.438. The molecule has 1 unspecified atom stereocenters. The fourth-order valence-electron chi connectivity index (χ4n) is 2.30. The molecule has 102 valence electrons. The summed E-state index contributed by atoms with van der Waals surface area (Å²) in [6, 6.07) is 6.86. The zero-order valence-corrected chi connectivity index (χ0v) is 13.2. The number of benzene rings is 1. The molecule has 1 aromatic heterocycles. The van der Waals surface area contributed by atoms with Crippen LogP contribution in [-0.4, -0.2) is 11.5 Å². The van der Waals surface area contributed by atoms with E-state index in [0.717, 1.165) is 12.2 Å². The first-order valence-corrected chi connectivity index (χ1v) is 7.59. The van der Waals surface area contributed by atoms with Crippen molar-refractivity contribution in [1.29, 1.82) is 0 Å². The zero-order chi connectivity index (χ0) is 14.0. The van der Waals surface area contributed by atoms with Crippen molar-refractivity contribution < 1.29 is 0 Å². The van der Waals surface area contributed by atoms with E-state index < -0.39 is 0 Å². The van der Waals surface area contributed by atoms with Crippen LogP contribution >= 0.6 is 11.3 Å². The maximum absolute atomic E-state index is 4.73. The minimum atomic E-state index is 0.211. The van der Waals surface area contributed by atoms with Gasteiger partial charge in [0.1, 0.15) is 5.01 Å². The second-order valence-corrected chi connectivity index (χ2v) is 6.28. The third-order valence-corrected chi connectivity index (χ3v) is 4.57. The van der Waals surface area contributed by atoms with Crippen LogP contribution in [0.15, 0.2) is 18.2 Å². The lowest BCUT2D eigenvalue weighted by molar-refractivity contribution is 0.623. The lowest BCUT2D eigenvalue weighted by atomic mass is 9.99. The molecule has 1 aromatic carbocycles. The Balaban J connectivity index is 2.44. The van der Waals surface area contributed by atoms with Crippen LogP contribution in [-0.2, 0) is 0 Å². The summed E-state index contributed by atoms with van der Waals surface area (Å²) in [5, 5.41) is 4.73. The number of nitrogens with zero attached hydrogens (tertiary/aromatic N) is 1. The molecule has 0 saturated carbocycles. The van der Waals surface area contributed by atoms with Gasteiger partial charge in [0.25, 0.3) is 0 Å². The van der Waals surface area contributed by atoms with Crippen LogP contribution in [0.5, 0.6) is 0 Å². The Kier molecular flexibility index (Phi) is 4.38.